The van der Waals surface area contributed by atoms with E-state index in [1.54, 1.807) is 0 Å². The Morgan fingerprint density at radius 3 is 2.89 bits per heavy atom. The van der Waals surface area contributed by atoms with E-state index in [0.29, 0.717) is 6.54 Å². The summed E-state index contributed by atoms with van der Waals surface area (Å²) in [4.78, 5) is 15.9. The molecule has 0 bridgehead atoms. The van der Waals surface area contributed by atoms with Crippen LogP contribution >= 0.6 is 23.2 Å². The van der Waals surface area contributed by atoms with Gasteiger partial charge >= 0.3 is 0 Å². The summed E-state index contributed by atoms with van der Waals surface area (Å²) >= 11 is 11.6. The van der Waals surface area contributed by atoms with Crippen molar-refractivity contribution in [2.75, 3.05) is 18.0 Å². The fourth-order valence-electron chi connectivity index (χ4n) is 2.01. The van der Waals surface area contributed by atoms with Crippen molar-refractivity contribution in [1.29, 1.82) is 0 Å². The second-order valence-corrected chi connectivity index (χ2v) is 5.02. The number of halogens is 3. The van der Waals surface area contributed by atoms with Gasteiger partial charge < -0.3 is 4.90 Å². The molecular formula is C11H9Cl2FN4O. The lowest BCUT2D eigenvalue weighted by Gasteiger charge is -2.18. The first-order valence-corrected chi connectivity index (χ1v) is 6.24. The molecule has 1 aromatic rings. The Hall–Kier alpha value is -1.49. The SMILES string of the molecule is [N-]=[N+]=NCC1CC(=O)N(c2cc(F)c(Cl)cc2Cl)C1. The van der Waals surface area contributed by atoms with Crippen LogP contribution in [-0.2, 0) is 4.79 Å². The van der Waals surface area contributed by atoms with Crippen molar-refractivity contribution in [2.24, 2.45) is 11.0 Å². The molecule has 1 atom stereocenters. The molecular weight excluding hydrogens is 294 g/mol. The molecule has 0 spiro atoms. The van der Waals surface area contributed by atoms with Crippen LogP contribution in [-0.4, -0.2) is 19.0 Å². The van der Waals surface area contributed by atoms with Crippen LogP contribution in [0.5, 0.6) is 0 Å². The minimum Gasteiger partial charge on any atom is -0.311 e. The van der Waals surface area contributed by atoms with Crippen molar-refractivity contribution in [3.63, 3.8) is 0 Å². The summed E-state index contributed by atoms with van der Waals surface area (Å²) in [5, 5.41) is 3.56. The summed E-state index contributed by atoms with van der Waals surface area (Å²) in [5.41, 5.74) is 8.55. The first-order chi connectivity index (χ1) is 9.02. The molecule has 0 aliphatic carbocycles. The van der Waals surface area contributed by atoms with Crippen LogP contribution in [0.1, 0.15) is 6.42 Å². The molecule has 2 rings (SSSR count). The van der Waals surface area contributed by atoms with Crippen molar-refractivity contribution in [1.82, 2.24) is 0 Å². The van der Waals surface area contributed by atoms with Gasteiger partial charge in [0.25, 0.3) is 0 Å². The number of hydrogen-bond acceptors (Lipinski definition) is 2. The van der Waals surface area contributed by atoms with Gasteiger partial charge in [-0.15, -0.1) is 0 Å². The summed E-state index contributed by atoms with van der Waals surface area (Å²) in [6.45, 7) is 0.574. The quantitative estimate of drug-likeness (QED) is 0.362. The van der Waals surface area contributed by atoms with Crippen LogP contribution in [0.3, 0.4) is 0 Å². The van der Waals surface area contributed by atoms with Gasteiger partial charge in [-0.2, -0.15) is 0 Å². The van der Waals surface area contributed by atoms with Crippen molar-refractivity contribution < 1.29 is 9.18 Å². The number of nitrogens with zero attached hydrogens (tertiary/aromatic N) is 4. The third-order valence-corrected chi connectivity index (χ3v) is 3.48. The van der Waals surface area contributed by atoms with Crippen LogP contribution in [0.4, 0.5) is 10.1 Å². The Kier molecular flexibility index (Phi) is 4.14. The highest BCUT2D eigenvalue weighted by molar-refractivity contribution is 6.36. The van der Waals surface area contributed by atoms with Gasteiger partial charge in [-0.3, -0.25) is 4.79 Å². The molecule has 0 saturated carbocycles. The van der Waals surface area contributed by atoms with Gasteiger partial charge in [-0.25, -0.2) is 4.39 Å². The summed E-state index contributed by atoms with van der Waals surface area (Å²) in [6, 6.07) is 2.40. The normalized spacial score (nSPS) is 18.6. The lowest BCUT2D eigenvalue weighted by Crippen LogP contribution is -2.25. The molecule has 1 amide bonds. The van der Waals surface area contributed by atoms with Gasteiger partial charge in [0.1, 0.15) is 5.82 Å². The van der Waals surface area contributed by atoms with E-state index in [2.05, 4.69) is 10.0 Å². The first-order valence-electron chi connectivity index (χ1n) is 5.48. The molecule has 1 aliphatic rings. The van der Waals surface area contributed by atoms with E-state index >= 15 is 0 Å². The van der Waals surface area contributed by atoms with Crippen LogP contribution in [0.2, 0.25) is 10.0 Å². The second kappa shape index (κ2) is 5.65. The third-order valence-electron chi connectivity index (χ3n) is 2.89. The van der Waals surface area contributed by atoms with Crippen molar-refractivity contribution in [3.05, 3.63) is 38.4 Å². The van der Waals surface area contributed by atoms with E-state index in [4.69, 9.17) is 28.7 Å². The largest absolute Gasteiger partial charge is 0.311 e. The molecule has 0 radical (unpaired) electrons. The van der Waals surface area contributed by atoms with Crippen LogP contribution in [0.25, 0.3) is 10.4 Å². The van der Waals surface area contributed by atoms with Gasteiger partial charge in [0, 0.05) is 30.5 Å². The highest BCUT2D eigenvalue weighted by Crippen LogP contribution is 2.34. The van der Waals surface area contributed by atoms with Crippen LogP contribution in [0.15, 0.2) is 17.2 Å². The summed E-state index contributed by atoms with van der Waals surface area (Å²) in [5.74, 6) is -0.896. The van der Waals surface area contributed by atoms with Crippen molar-refractivity contribution in [3.8, 4) is 0 Å². The maximum absolute atomic E-state index is 13.4. The molecule has 100 valence electrons. The number of carbonyl (C=O) groups is 1. The maximum Gasteiger partial charge on any atom is 0.227 e. The van der Waals surface area contributed by atoms with Gasteiger partial charge in [-0.1, -0.05) is 28.3 Å². The number of amides is 1. The fourth-order valence-corrected chi connectivity index (χ4v) is 2.49. The highest BCUT2D eigenvalue weighted by atomic mass is 35.5. The Balaban J connectivity index is 2.25. The van der Waals surface area contributed by atoms with E-state index in [1.165, 1.54) is 11.0 Å². The third kappa shape index (κ3) is 2.92. The standard InChI is InChI=1S/C11H9Cl2FN4O/c12-7-2-8(13)10(3-9(7)14)18-5-6(1-11(18)19)4-16-17-15/h2-3,6H,1,4-5H2. The van der Waals surface area contributed by atoms with E-state index in [9.17, 15) is 9.18 Å². The fraction of sp³-hybridized carbons (Fsp3) is 0.364. The minimum absolute atomic E-state index is 0.0850. The molecule has 8 heteroatoms. The second-order valence-electron chi connectivity index (χ2n) is 4.21. The zero-order chi connectivity index (χ0) is 14.0. The van der Waals surface area contributed by atoms with Gasteiger partial charge in [0.2, 0.25) is 5.91 Å². The first kappa shape index (κ1) is 13.9. The maximum atomic E-state index is 13.4. The molecule has 1 saturated heterocycles. The molecule has 0 N–H and O–H groups in total. The minimum atomic E-state index is -0.632. The number of benzene rings is 1. The predicted molar refractivity (Wildman–Crippen MR) is 70.9 cm³/mol. The average molecular weight is 303 g/mol. The Bertz CT molecular complexity index is 574. The Labute approximate surface area is 118 Å². The Morgan fingerprint density at radius 2 is 2.21 bits per heavy atom. The van der Waals surface area contributed by atoms with Crippen molar-refractivity contribution >= 4 is 34.8 Å². The average Bonchev–Trinajstić information content (AvgIpc) is 2.72. The van der Waals surface area contributed by atoms with Crippen LogP contribution in [0, 0.1) is 11.7 Å². The van der Waals surface area contributed by atoms with E-state index < -0.39 is 5.82 Å². The molecule has 19 heavy (non-hydrogen) atoms. The lowest BCUT2D eigenvalue weighted by atomic mass is 10.1. The summed E-state index contributed by atoms with van der Waals surface area (Å²) < 4.78 is 13.4. The molecule has 0 aromatic heterocycles. The van der Waals surface area contributed by atoms with Crippen LogP contribution < -0.4 is 4.90 Å². The number of anilines is 1. The number of rotatable bonds is 3. The molecule has 1 aliphatic heterocycles. The van der Waals surface area contributed by atoms with Crippen molar-refractivity contribution in [2.45, 2.75) is 6.42 Å². The number of azide groups is 1. The zero-order valence-corrected chi connectivity index (χ0v) is 11.2. The highest BCUT2D eigenvalue weighted by Gasteiger charge is 2.31. The number of hydrogen-bond donors (Lipinski definition) is 0. The zero-order valence-electron chi connectivity index (χ0n) is 9.68. The lowest BCUT2D eigenvalue weighted by molar-refractivity contribution is -0.117. The van der Waals surface area contributed by atoms with E-state index in [-0.39, 0.29) is 40.5 Å². The molecule has 1 heterocycles. The molecule has 1 unspecified atom stereocenters. The van der Waals surface area contributed by atoms with E-state index in [0.717, 1.165) is 6.07 Å². The van der Waals surface area contributed by atoms with Gasteiger partial charge in [0.15, 0.2) is 0 Å². The predicted octanol–water partition coefficient (Wildman–Crippen LogP) is 3.80. The number of carbonyl (C=O) groups excluding carboxylic acids is 1. The Morgan fingerprint density at radius 1 is 1.47 bits per heavy atom. The molecule has 5 nitrogen and oxygen atoms in total. The summed E-state index contributed by atoms with van der Waals surface area (Å²) in [7, 11) is 0. The van der Waals surface area contributed by atoms with Gasteiger partial charge in [0.05, 0.1) is 15.7 Å². The topological polar surface area (TPSA) is 69.1 Å². The van der Waals surface area contributed by atoms with Gasteiger partial charge in [-0.05, 0) is 17.5 Å². The monoisotopic (exact) mass is 302 g/mol. The smallest absolute Gasteiger partial charge is 0.227 e. The molecule has 1 aromatic carbocycles. The molecule has 1 fully saturated rings. The van der Waals surface area contributed by atoms with E-state index in [1.807, 2.05) is 0 Å². The summed E-state index contributed by atoms with van der Waals surface area (Å²) in [6.07, 6.45) is 0.250.